The van der Waals surface area contributed by atoms with Gasteiger partial charge >= 0.3 is 0 Å². The Morgan fingerprint density at radius 3 is 2.78 bits per heavy atom. The second-order valence-corrected chi connectivity index (χ2v) is 6.41. The molecule has 1 saturated heterocycles. The van der Waals surface area contributed by atoms with E-state index in [1.165, 1.54) is 24.0 Å². The molecule has 118 valence electrons. The van der Waals surface area contributed by atoms with Gasteiger partial charge in [0.15, 0.2) is 0 Å². The maximum atomic E-state index is 5.45. The molecule has 3 nitrogen and oxygen atoms in total. The lowest BCUT2D eigenvalue weighted by atomic mass is 9.95. The zero-order valence-electron chi connectivity index (χ0n) is 13.5. The van der Waals surface area contributed by atoms with E-state index in [9.17, 15) is 0 Å². The summed E-state index contributed by atoms with van der Waals surface area (Å²) >= 11 is 0. The van der Waals surface area contributed by atoms with Crippen molar-refractivity contribution in [1.29, 1.82) is 0 Å². The van der Waals surface area contributed by atoms with Crippen molar-refractivity contribution < 1.29 is 4.74 Å². The average molecular weight is 306 g/mol. The Morgan fingerprint density at radius 2 is 2.00 bits per heavy atom. The molecule has 0 amide bonds. The number of methoxy groups -OCH3 is 1. The third-order valence-electron chi connectivity index (χ3n) is 5.06. The van der Waals surface area contributed by atoms with Crippen molar-refractivity contribution in [3.05, 3.63) is 65.9 Å². The van der Waals surface area contributed by atoms with Gasteiger partial charge in [0, 0.05) is 30.4 Å². The first kappa shape index (κ1) is 14.5. The van der Waals surface area contributed by atoms with Crippen LogP contribution >= 0.6 is 0 Å². The molecule has 1 aromatic heterocycles. The van der Waals surface area contributed by atoms with Crippen LogP contribution in [-0.4, -0.2) is 29.1 Å². The maximum absolute atomic E-state index is 5.45. The van der Waals surface area contributed by atoms with Gasteiger partial charge in [-0.2, -0.15) is 0 Å². The van der Waals surface area contributed by atoms with Crippen LogP contribution in [0.25, 0.3) is 5.57 Å². The average Bonchev–Trinajstić information content (AvgIpc) is 2.84. The van der Waals surface area contributed by atoms with Crippen molar-refractivity contribution in [2.45, 2.75) is 37.9 Å². The largest absolute Gasteiger partial charge is 0.481 e. The van der Waals surface area contributed by atoms with Crippen LogP contribution < -0.4 is 4.74 Å². The Balaban J connectivity index is 1.59. The summed E-state index contributed by atoms with van der Waals surface area (Å²) in [7, 11) is 1.70. The third-order valence-corrected chi connectivity index (χ3v) is 5.06. The predicted molar refractivity (Wildman–Crippen MR) is 92.2 cm³/mol. The number of benzene rings is 1. The smallest absolute Gasteiger partial charge is 0.220 e. The van der Waals surface area contributed by atoms with Crippen molar-refractivity contribution in [2.75, 3.05) is 7.11 Å². The topological polar surface area (TPSA) is 25.4 Å². The molecule has 3 heterocycles. The Hall–Kier alpha value is -2.13. The van der Waals surface area contributed by atoms with E-state index < -0.39 is 0 Å². The minimum Gasteiger partial charge on any atom is -0.481 e. The second-order valence-electron chi connectivity index (χ2n) is 6.41. The number of hydrogen-bond donors (Lipinski definition) is 0. The van der Waals surface area contributed by atoms with Crippen LogP contribution in [0.2, 0.25) is 0 Å². The summed E-state index contributed by atoms with van der Waals surface area (Å²) in [6.45, 7) is 1.05. The minimum atomic E-state index is 0.536. The fourth-order valence-electron chi connectivity index (χ4n) is 3.96. The van der Waals surface area contributed by atoms with Gasteiger partial charge in [-0.15, -0.1) is 0 Å². The van der Waals surface area contributed by atoms with E-state index in [-0.39, 0.29) is 0 Å². The number of rotatable bonds is 4. The summed E-state index contributed by atoms with van der Waals surface area (Å²) in [6.07, 6.45) is 7.85. The van der Waals surface area contributed by atoms with Gasteiger partial charge in [0.05, 0.1) is 7.11 Å². The molecule has 1 fully saturated rings. The van der Waals surface area contributed by atoms with E-state index >= 15 is 0 Å². The lowest BCUT2D eigenvalue weighted by Crippen LogP contribution is -2.37. The Morgan fingerprint density at radius 1 is 1.13 bits per heavy atom. The molecule has 2 aliphatic heterocycles. The summed E-state index contributed by atoms with van der Waals surface area (Å²) in [5.41, 5.74) is 3.96. The highest BCUT2D eigenvalue weighted by Gasteiger charge is 2.37. The highest BCUT2D eigenvalue weighted by Crippen LogP contribution is 2.40. The molecule has 2 aliphatic rings. The number of fused-ring (bicyclic) bond motifs is 2. The molecule has 4 rings (SSSR count). The molecule has 0 radical (unpaired) electrons. The molecule has 1 aromatic carbocycles. The number of nitrogens with zero attached hydrogens (tertiary/aromatic N) is 2. The van der Waals surface area contributed by atoms with Crippen LogP contribution in [-0.2, 0) is 6.54 Å². The summed E-state index contributed by atoms with van der Waals surface area (Å²) in [5.74, 6) is 0.745. The normalized spacial score (nSPS) is 23.6. The number of ether oxygens (including phenoxy) is 1. The first-order valence-electron chi connectivity index (χ1n) is 8.35. The first-order valence-corrected chi connectivity index (χ1v) is 8.35. The fraction of sp³-hybridized carbons (Fsp3) is 0.350. The molecule has 0 saturated carbocycles. The molecule has 2 atom stereocenters. The lowest BCUT2D eigenvalue weighted by molar-refractivity contribution is 0.203. The van der Waals surface area contributed by atoms with Gasteiger partial charge in [-0.1, -0.05) is 36.4 Å². The van der Waals surface area contributed by atoms with Crippen LogP contribution in [0.1, 0.15) is 30.4 Å². The Kier molecular flexibility index (Phi) is 3.88. The van der Waals surface area contributed by atoms with Gasteiger partial charge in [-0.25, -0.2) is 4.98 Å². The second kappa shape index (κ2) is 6.17. The molecular formula is C20H22N2O. The summed E-state index contributed by atoms with van der Waals surface area (Å²) in [6, 6.07) is 16.1. The van der Waals surface area contributed by atoms with E-state index in [1.807, 2.05) is 6.07 Å². The van der Waals surface area contributed by atoms with Crippen molar-refractivity contribution >= 4 is 5.57 Å². The maximum Gasteiger partial charge on any atom is 0.220 e. The number of aromatic nitrogens is 1. The molecule has 2 aromatic rings. The van der Waals surface area contributed by atoms with Crippen LogP contribution in [0.4, 0.5) is 0 Å². The first-order chi connectivity index (χ1) is 11.3. The summed E-state index contributed by atoms with van der Waals surface area (Å²) < 4.78 is 5.45. The highest BCUT2D eigenvalue weighted by atomic mass is 16.5. The lowest BCUT2D eigenvalue weighted by Gasteiger charge is -2.34. The molecule has 3 heteroatoms. The van der Waals surface area contributed by atoms with Gasteiger partial charge in [-0.05, 0) is 42.5 Å². The SMILES string of the molecule is COc1ncccc1C1=CC2CCC(C1)N2Cc1ccccc1. The van der Waals surface area contributed by atoms with Gasteiger partial charge in [0.25, 0.3) is 0 Å². The van der Waals surface area contributed by atoms with E-state index in [1.54, 1.807) is 13.3 Å². The molecule has 23 heavy (non-hydrogen) atoms. The molecule has 0 N–H and O–H groups in total. The van der Waals surface area contributed by atoms with Crippen LogP contribution in [0.5, 0.6) is 5.88 Å². The van der Waals surface area contributed by atoms with Crippen LogP contribution in [0.15, 0.2) is 54.7 Å². The third kappa shape index (κ3) is 2.77. The van der Waals surface area contributed by atoms with E-state index in [2.05, 4.69) is 52.4 Å². The van der Waals surface area contributed by atoms with Gasteiger partial charge in [-0.3, -0.25) is 4.90 Å². The Labute approximate surface area is 137 Å². The summed E-state index contributed by atoms with van der Waals surface area (Å²) in [4.78, 5) is 7.01. The van der Waals surface area contributed by atoms with Crippen molar-refractivity contribution in [2.24, 2.45) is 0 Å². The molecule has 2 unspecified atom stereocenters. The van der Waals surface area contributed by atoms with E-state index in [4.69, 9.17) is 4.74 Å². The highest BCUT2D eigenvalue weighted by molar-refractivity contribution is 5.71. The van der Waals surface area contributed by atoms with Crippen molar-refractivity contribution in [3.63, 3.8) is 0 Å². The molecule has 0 spiro atoms. The number of pyridine rings is 1. The molecule has 0 aliphatic carbocycles. The quantitative estimate of drug-likeness (QED) is 0.856. The minimum absolute atomic E-state index is 0.536. The predicted octanol–water partition coefficient (Wildman–Crippen LogP) is 3.91. The van der Waals surface area contributed by atoms with Gasteiger partial charge in [0.2, 0.25) is 5.88 Å². The summed E-state index contributed by atoms with van der Waals surface area (Å²) in [5, 5.41) is 0. The monoisotopic (exact) mass is 306 g/mol. The van der Waals surface area contributed by atoms with Gasteiger partial charge in [0.1, 0.15) is 0 Å². The molecule has 2 bridgehead atoms. The van der Waals surface area contributed by atoms with E-state index in [0.717, 1.165) is 24.4 Å². The molecular weight excluding hydrogens is 284 g/mol. The van der Waals surface area contributed by atoms with E-state index in [0.29, 0.717) is 12.1 Å². The zero-order chi connectivity index (χ0) is 15.6. The zero-order valence-corrected chi connectivity index (χ0v) is 13.5. The Bertz CT molecular complexity index is 711. The van der Waals surface area contributed by atoms with Crippen LogP contribution in [0, 0.1) is 0 Å². The standard InChI is InChI=1S/C20H22N2O/c1-23-20-19(8-5-11-21-20)16-12-17-9-10-18(13-16)22(17)14-15-6-3-2-4-7-15/h2-8,11-12,17-18H,9-10,13-14H2,1H3. The van der Waals surface area contributed by atoms with Crippen molar-refractivity contribution in [3.8, 4) is 5.88 Å². The fourth-order valence-corrected chi connectivity index (χ4v) is 3.96. The van der Waals surface area contributed by atoms with Crippen LogP contribution in [0.3, 0.4) is 0 Å². The number of hydrogen-bond acceptors (Lipinski definition) is 3. The van der Waals surface area contributed by atoms with Crippen molar-refractivity contribution in [1.82, 2.24) is 9.88 Å². The van der Waals surface area contributed by atoms with Gasteiger partial charge < -0.3 is 4.74 Å².